The highest BCUT2D eigenvalue weighted by atomic mass is 16.2. The Hall–Kier alpha value is -2.37. The van der Waals surface area contributed by atoms with Gasteiger partial charge in [-0.25, -0.2) is 4.79 Å². The molecule has 1 aromatic rings. The Labute approximate surface area is 186 Å². The van der Waals surface area contributed by atoms with Gasteiger partial charge < -0.3 is 10.6 Å². The van der Waals surface area contributed by atoms with Crippen LogP contribution in [0.3, 0.4) is 0 Å². The molecule has 6 nitrogen and oxygen atoms in total. The number of nitrogens with zero attached hydrogens (tertiary/aromatic N) is 1. The molecule has 6 heteroatoms. The van der Waals surface area contributed by atoms with Crippen molar-refractivity contribution in [1.29, 1.82) is 0 Å². The summed E-state index contributed by atoms with van der Waals surface area (Å²) in [4.78, 5) is 38.9. The normalized spacial score (nSPS) is 18.8. The van der Waals surface area contributed by atoms with E-state index in [-0.39, 0.29) is 23.8 Å². The van der Waals surface area contributed by atoms with Gasteiger partial charge in [0.1, 0.15) is 12.1 Å². The Kier molecular flexibility index (Phi) is 6.77. The van der Waals surface area contributed by atoms with Crippen LogP contribution in [0.2, 0.25) is 0 Å². The summed E-state index contributed by atoms with van der Waals surface area (Å²) in [5.74, 6) is -0.533. The first-order chi connectivity index (χ1) is 14.5. The van der Waals surface area contributed by atoms with Gasteiger partial charge in [-0.05, 0) is 60.8 Å². The van der Waals surface area contributed by atoms with Crippen molar-refractivity contribution in [1.82, 2.24) is 15.5 Å². The fraction of sp³-hybridized carbons (Fsp3) is 0.640. The van der Waals surface area contributed by atoms with Crippen LogP contribution in [-0.4, -0.2) is 41.4 Å². The maximum absolute atomic E-state index is 12.9. The van der Waals surface area contributed by atoms with E-state index in [0.29, 0.717) is 19.4 Å². The maximum atomic E-state index is 12.9. The molecule has 1 aromatic carbocycles. The summed E-state index contributed by atoms with van der Waals surface area (Å²) >= 11 is 0. The van der Waals surface area contributed by atoms with E-state index in [2.05, 4.69) is 57.4 Å². The van der Waals surface area contributed by atoms with Crippen molar-refractivity contribution in [2.24, 2.45) is 0 Å². The zero-order chi connectivity index (χ0) is 22.8. The minimum absolute atomic E-state index is 0.0970. The number of hydrogen-bond acceptors (Lipinski definition) is 3. The summed E-state index contributed by atoms with van der Waals surface area (Å²) in [6, 6.07) is 4.01. The molecule has 1 spiro atoms. The molecular weight excluding hydrogens is 390 g/mol. The number of hydrogen-bond donors (Lipinski definition) is 2. The zero-order valence-electron chi connectivity index (χ0n) is 19.7. The molecule has 0 unspecified atom stereocenters. The molecular formula is C25H37N3O3. The smallest absolute Gasteiger partial charge is 0.325 e. The van der Waals surface area contributed by atoms with E-state index in [1.165, 1.54) is 22.3 Å². The minimum Gasteiger partial charge on any atom is -0.354 e. The Morgan fingerprint density at radius 3 is 2.19 bits per heavy atom. The van der Waals surface area contributed by atoms with E-state index in [1.54, 1.807) is 0 Å². The van der Waals surface area contributed by atoms with Crippen molar-refractivity contribution in [3.8, 4) is 0 Å². The second-order valence-corrected chi connectivity index (χ2v) is 10.3. The number of imide groups is 1. The van der Waals surface area contributed by atoms with E-state index >= 15 is 0 Å². The van der Waals surface area contributed by atoms with Crippen LogP contribution in [0.5, 0.6) is 0 Å². The van der Waals surface area contributed by atoms with E-state index in [9.17, 15) is 14.4 Å². The van der Waals surface area contributed by atoms with Crippen molar-refractivity contribution in [2.45, 2.75) is 90.5 Å². The largest absolute Gasteiger partial charge is 0.354 e. The first kappa shape index (κ1) is 23.3. The maximum Gasteiger partial charge on any atom is 0.325 e. The molecule has 31 heavy (non-hydrogen) atoms. The zero-order valence-corrected chi connectivity index (χ0v) is 19.7. The Balaban J connectivity index is 1.56. The summed E-state index contributed by atoms with van der Waals surface area (Å²) in [6.07, 6.45) is 6.08. The first-order valence-electron chi connectivity index (χ1n) is 11.5. The highest BCUT2D eigenvalue weighted by molar-refractivity contribution is 6.09. The van der Waals surface area contributed by atoms with Gasteiger partial charge in [0.05, 0.1) is 0 Å². The predicted octanol–water partition coefficient (Wildman–Crippen LogP) is 3.90. The third-order valence-corrected chi connectivity index (χ3v) is 6.76. The average molecular weight is 428 g/mol. The molecule has 0 aromatic heterocycles. The molecule has 4 amide bonds. The lowest BCUT2D eigenvalue weighted by molar-refractivity contribution is -0.135. The molecule has 1 saturated carbocycles. The number of rotatable bonds is 5. The summed E-state index contributed by atoms with van der Waals surface area (Å²) < 4.78 is 0. The van der Waals surface area contributed by atoms with Crippen LogP contribution in [0.4, 0.5) is 4.79 Å². The number of benzene rings is 1. The summed E-state index contributed by atoms with van der Waals surface area (Å²) in [5, 5.41) is 5.78. The molecule has 170 valence electrons. The first-order valence-corrected chi connectivity index (χ1v) is 11.5. The summed E-state index contributed by atoms with van der Waals surface area (Å²) in [7, 11) is 0. The van der Waals surface area contributed by atoms with Crippen LogP contribution < -0.4 is 10.6 Å². The van der Waals surface area contributed by atoms with Crippen LogP contribution in [0.25, 0.3) is 0 Å². The van der Waals surface area contributed by atoms with E-state index in [4.69, 9.17) is 0 Å². The second-order valence-electron chi connectivity index (χ2n) is 10.3. The average Bonchev–Trinajstić information content (AvgIpc) is 2.84. The number of aryl methyl sites for hydroxylation is 2. The topological polar surface area (TPSA) is 78.5 Å². The van der Waals surface area contributed by atoms with Crippen molar-refractivity contribution in [3.05, 3.63) is 34.4 Å². The Morgan fingerprint density at radius 1 is 1.06 bits per heavy atom. The van der Waals surface area contributed by atoms with Crippen LogP contribution in [-0.2, 0) is 21.4 Å². The van der Waals surface area contributed by atoms with E-state index in [0.717, 1.165) is 37.0 Å². The predicted molar refractivity (Wildman–Crippen MR) is 122 cm³/mol. The van der Waals surface area contributed by atoms with Crippen LogP contribution in [0.15, 0.2) is 12.1 Å². The molecule has 2 fully saturated rings. The second kappa shape index (κ2) is 9.01. The summed E-state index contributed by atoms with van der Waals surface area (Å²) in [5.41, 5.74) is 4.30. The quantitative estimate of drug-likeness (QED) is 0.700. The SMILES string of the molecule is Cc1cc(C(C)(C)C)cc(C)c1CCNC(=O)CN1C(=O)NC2(CCCCCC2)C1=O. The Morgan fingerprint density at radius 2 is 1.65 bits per heavy atom. The van der Waals surface area contributed by atoms with Gasteiger partial charge in [-0.1, -0.05) is 58.6 Å². The van der Waals surface area contributed by atoms with Gasteiger partial charge in [0.2, 0.25) is 5.91 Å². The van der Waals surface area contributed by atoms with Crippen LogP contribution >= 0.6 is 0 Å². The van der Waals surface area contributed by atoms with Crippen molar-refractivity contribution in [3.63, 3.8) is 0 Å². The third kappa shape index (κ3) is 5.10. The van der Waals surface area contributed by atoms with Crippen molar-refractivity contribution >= 4 is 17.8 Å². The molecule has 3 rings (SSSR count). The van der Waals surface area contributed by atoms with Gasteiger partial charge in [-0.3, -0.25) is 14.5 Å². The lowest BCUT2D eigenvalue weighted by Gasteiger charge is -2.24. The van der Waals surface area contributed by atoms with E-state index in [1.807, 2.05) is 0 Å². The molecule has 1 aliphatic carbocycles. The van der Waals surface area contributed by atoms with Crippen molar-refractivity contribution < 1.29 is 14.4 Å². The monoisotopic (exact) mass is 427 g/mol. The number of carbonyl (C=O) groups excluding carboxylic acids is 3. The molecule has 0 radical (unpaired) electrons. The standard InChI is InChI=1S/C25H37N3O3/c1-17-14-19(24(3,4)5)15-18(2)20(17)10-13-26-21(29)16-28-22(30)25(27-23(28)31)11-8-6-7-9-12-25/h14-15H,6-13,16H2,1-5H3,(H,26,29)(H,27,31). The molecule has 1 aliphatic heterocycles. The highest BCUT2D eigenvalue weighted by Crippen LogP contribution is 2.32. The van der Waals surface area contributed by atoms with Crippen LogP contribution in [0.1, 0.15) is 81.5 Å². The van der Waals surface area contributed by atoms with E-state index < -0.39 is 11.6 Å². The van der Waals surface area contributed by atoms with Gasteiger partial charge in [0.25, 0.3) is 5.91 Å². The number of nitrogens with one attached hydrogen (secondary N) is 2. The molecule has 1 heterocycles. The molecule has 2 aliphatic rings. The number of urea groups is 1. The van der Waals surface area contributed by atoms with Crippen molar-refractivity contribution in [2.75, 3.05) is 13.1 Å². The summed E-state index contributed by atoms with van der Waals surface area (Å²) in [6.45, 7) is 11.1. The fourth-order valence-electron chi connectivity index (χ4n) is 4.84. The molecule has 2 N–H and O–H groups in total. The molecule has 0 bridgehead atoms. The lowest BCUT2D eigenvalue weighted by Crippen LogP contribution is -2.47. The third-order valence-electron chi connectivity index (χ3n) is 6.76. The van der Waals surface area contributed by atoms with Gasteiger partial charge in [-0.15, -0.1) is 0 Å². The molecule has 1 saturated heterocycles. The number of carbonyl (C=O) groups is 3. The minimum atomic E-state index is -0.795. The number of amides is 4. The fourth-order valence-corrected chi connectivity index (χ4v) is 4.84. The van der Waals surface area contributed by atoms with Crippen LogP contribution in [0, 0.1) is 13.8 Å². The molecule has 0 atom stereocenters. The Bertz CT molecular complexity index is 838. The lowest BCUT2D eigenvalue weighted by atomic mass is 9.83. The van der Waals surface area contributed by atoms with Gasteiger partial charge in [0.15, 0.2) is 0 Å². The highest BCUT2D eigenvalue weighted by Gasteiger charge is 2.51. The van der Waals surface area contributed by atoms with Gasteiger partial charge in [-0.2, -0.15) is 0 Å². The van der Waals surface area contributed by atoms with Gasteiger partial charge in [0, 0.05) is 6.54 Å². The van der Waals surface area contributed by atoms with Gasteiger partial charge >= 0.3 is 6.03 Å².